The topological polar surface area (TPSA) is 0 Å². The van der Waals surface area contributed by atoms with E-state index in [0.717, 1.165) is 6.42 Å². The first-order chi connectivity index (χ1) is 12.2. The highest BCUT2D eigenvalue weighted by molar-refractivity contribution is 6.91. The van der Waals surface area contributed by atoms with Gasteiger partial charge in [0, 0.05) is 5.54 Å². The summed E-state index contributed by atoms with van der Waals surface area (Å²) in [6, 6.07) is 24.8. The van der Waals surface area contributed by atoms with Gasteiger partial charge in [-0.15, -0.1) is 0 Å². The smallest absolute Gasteiger partial charge is 0.0787 e. The van der Waals surface area contributed by atoms with Crippen molar-refractivity contribution >= 4 is 19.3 Å². The van der Waals surface area contributed by atoms with Crippen molar-refractivity contribution in [3.05, 3.63) is 95.1 Å². The third-order valence-electron chi connectivity index (χ3n) is 6.12. The third kappa shape index (κ3) is 2.12. The lowest BCUT2D eigenvalue weighted by atomic mass is 10.1. The molecule has 0 saturated carbocycles. The van der Waals surface area contributed by atoms with Crippen molar-refractivity contribution in [1.82, 2.24) is 0 Å². The van der Waals surface area contributed by atoms with Crippen LogP contribution in [0, 0.1) is 0 Å². The van der Waals surface area contributed by atoms with E-state index >= 15 is 0 Å². The highest BCUT2D eigenvalue weighted by Gasteiger charge is 2.38. The molecular formula is C24H22Si. The van der Waals surface area contributed by atoms with E-state index in [1.54, 1.807) is 10.8 Å². The lowest BCUT2D eigenvalue weighted by Crippen LogP contribution is -2.48. The van der Waals surface area contributed by atoms with E-state index in [1.165, 1.54) is 27.8 Å². The van der Waals surface area contributed by atoms with Crippen LogP contribution in [0.25, 0.3) is 17.2 Å². The molecule has 122 valence electrons. The van der Waals surface area contributed by atoms with Gasteiger partial charge in [0.1, 0.15) is 0 Å². The average Bonchev–Trinajstić information content (AvgIpc) is 3.23. The van der Waals surface area contributed by atoms with Crippen LogP contribution >= 0.6 is 0 Å². The zero-order valence-corrected chi connectivity index (χ0v) is 15.8. The minimum absolute atomic E-state index is 0.568. The fourth-order valence-electron chi connectivity index (χ4n) is 4.81. The zero-order valence-electron chi connectivity index (χ0n) is 14.8. The van der Waals surface area contributed by atoms with Crippen LogP contribution in [0.2, 0.25) is 13.1 Å². The summed E-state index contributed by atoms with van der Waals surface area (Å²) in [5, 5.41) is 1.63. The molecule has 2 aliphatic rings. The molecule has 1 heteroatoms. The van der Waals surface area contributed by atoms with Gasteiger partial charge < -0.3 is 0 Å². The van der Waals surface area contributed by atoms with Gasteiger partial charge in [-0.25, -0.2) is 0 Å². The Morgan fingerprint density at radius 1 is 0.800 bits per heavy atom. The van der Waals surface area contributed by atoms with Crippen molar-refractivity contribution in [2.75, 3.05) is 0 Å². The molecule has 0 nitrogen and oxygen atoms in total. The number of hydrogen-bond donors (Lipinski definition) is 0. The predicted molar refractivity (Wildman–Crippen MR) is 110 cm³/mol. The van der Waals surface area contributed by atoms with Crippen molar-refractivity contribution < 1.29 is 0 Å². The van der Waals surface area contributed by atoms with Crippen LogP contribution in [0.4, 0.5) is 0 Å². The summed E-state index contributed by atoms with van der Waals surface area (Å²) < 4.78 is 0. The molecule has 0 bridgehead atoms. The molecular weight excluding hydrogens is 316 g/mol. The Morgan fingerprint density at radius 3 is 2.48 bits per heavy atom. The number of benzene rings is 3. The van der Waals surface area contributed by atoms with Crippen molar-refractivity contribution in [2.45, 2.75) is 25.1 Å². The molecule has 3 aromatic rings. The molecule has 0 saturated heterocycles. The van der Waals surface area contributed by atoms with Crippen LogP contribution in [0.1, 0.15) is 27.8 Å². The summed E-state index contributed by atoms with van der Waals surface area (Å²) >= 11 is 0. The second kappa shape index (κ2) is 5.31. The molecule has 0 spiro atoms. The third-order valence-corrected chi connectivity index (χ3v) is 10.0. The first-order valence-electron chi connectivity index (χ1n) is 9.14. The van der Waals surface area contributed by atoms with Gasteiger partial charge in [-0.2, -0.15) is 0 Å². The molecule has 1 unspecified atom stereocenters. The maximum absolute atomic E-state index is 2.54. The number of allylic oxidation sites excluding steroid dienone is 1. The molecule has 0 fully saturated rings. The van der Waals surface area contributed by atoms with E-state index in [0.29, 0.717) is 5.54 Å². The van der Waals surface area contributed by atoms with E-state index in [-0.39, 0.29) is 0 Å². The van der Waals surface area contributed by atoms with Crippen LogP contribution in [0.3, 0.4) is 0 Å². The Balaban J connectivity index is 1.65. The van der Waals surface area contributed by atoms with Crippen molar-refractivity contribution in [3.8, 4) is 11.1 Å². The standard InChI is InChI=1S/C24H22Si/c1-25(2,24-15-14-17-8-3-6-11-20(17)24)23-13-7-12-21-19-10-5-4-9-18(19)16-22(21)23/h3-15,24H,16H2,1-2H3. The Bertz CT molecular complexity index is 1010. The van der Waals surface area contributed by atoms with Gasteiger partial charge in [0.05, 0.1) is 8.07 Å². The van der Waals surface area contributed by atoms with E-state index in [9.17, 15) is 0 Å². The number of fused-ring (bicyclic) bond motifs is 4. The van der Waals surface area contributed by atoms with E-state index in [1.807, 2.05) is 0 Å². The maximum atomic E-state index is 2.54. The summed E-state index contributed by atoms with van der Waals surface area (Å²) in [5.74, 6) is 0. The van der Waals surface area contributed by atoms with Gasteiger partial charge in [-0.05, 0) is 39.8 Å². The van der Waals surface area contributed by atoms with Gasteiger partial charge in [-0.1, -0.05) is 97.2 Å². The largest absolute Gasteiger partial charge is 0.0923 e. The first kappa shape index (κ1) is 14.9. The highest BCUT2D eigenvalue weighted by Crippen LogP contribution is 2.40. The van der Waals surface area contributed by atoms with Crippen LogP contribution in [0.15, 0.2) is 72.8 Å². The Morgan fingerprint density at radius 2 is 1.56 bits per heavy atom. The predicted octanol–water partition coefficient (Wildman–Crippen LogP) is 5.52. The lowest BCUT2D eigenvalue weighted by Gasteiger charge is -2.32. The second-order valence-electron chi connectivity index (χ2n) is 7.85. The lowest BCUT2D eigenvalue weighted by molar-refractivity contribution is 1.17. The van der Waals surface area contributed by atoms with E-state index in [4.69, 9.17) is 0 Å². The molecule has 25 heavy (non-hydrogen) atoms. The average molecular weight is 339 g/mol. The second-order valence-corrected chi connectivity index (χ2v) is 12.5. The Hall–Kier alpha value is -2.38. The van der Waals surface area contributed by atoms with Crippen molar-refractivity contribution in [2.24, 2.45) is 0 Å². The molecule has 1 atom stereocenters. The molecule has 3 aromatic carbocycles. The Labute approximate surface area is 150 Å². The van der Waals surface area contributed by atoms with Crippen LogP contribution in [-0.4, -0.2) is 8.07 Å². The van der Waals surface area contributed by atoms with Gasteiger partial charge in [0.2, 0.25) is 0 Å². The monoisotopic (exact) mass is 338 g/mol. The summed E-state index contributed by atoms with van der Waals surface area (Å²) in [7, 11) is -1.68. The van der Waals surface area contributed by atoms with Crippen LogP contribution in [0.5, 0.6) is 0 Å². The number of rotatable bonds is 2. The molecule has 2 aliphatic carbocycles. The van der Waals surface area contributed by atoms with Crippen LogP contribution in [-0.2, 0) is 6.42 Å². The summed E-state index contributed by atoms with van der Waals surface area (Å²) in [5.41, 5.74) is 9.46. The maximum Gasteiger partial charge on any atom is 0.0923 e. The minimum Gasteiger partial charge on any atom is -0.0787 e. The summed E-state index contributed by atoms with van der Waals surface area (Å²) in [6.07, 6.45) is 5.88. The van der Waals surface area contributed by atoms with Gasteiger partial charge in [0.25, 0.3) is 0 Å². The van der Waals surface area contributed by atoms with Crippen molar-refractivity contribution in [1.29, 1.82) is 0 Å². The van der Waals surface area contributed by atoms with Gasteiger partial charge in [-0.3, -0.25) is 0 Å². The molecule has 0 amide bonds. The Kier molecular flexibility index (Phi) is 3.17. The van der Waals surface area contributed by atoms with Gasteiger partial charge in [0.15, 0.2) is 0 Å². The molecule has 5 rings (SSSR count). The molecule has 0 radical (unpaired) electrons. The van der Waals surface area contributed by atoms with E-state index < -0.39 is 8.07 Å². The first-order valence-corrected chi connectivity index (χ1v) is 12.2. The molecule has 0 N–H and O–H groups in total. The fourth-order valence-corrected chi connectivity index (χ4v) is 8.29. The molecule has 0 aliphatic heterocycles. The number of hydrogen-bond acceptors (Lipinski definition) is 0. The SMILES string of the molecule is C[Si](C)(c1cccc2c1Cc1ccccc1-2)C1C=Cc2ccccc21. The molecule has 0 heterocycles. The normalized spacial score (nSPS) is 17.3. The minimum atomic E-state index is -1.68. The quantitative estimate of drug-likeness (QED) is 0.422. The zero-order chi connectivity index (χ0) is 17.0. The highest BCUT2D eigenvalue weighted by atomic mass is 28.3. The van der Waals surface area contributed by atoms with E-state index in [2.05, 4.69) is 92.0 Å². The fraction of sp³-hybridized carbons (Fsp3) is 0.167. The summed E-state index contributed by atoms with van der Waals surface area (Å²) in [6.45, 7) is 5.09. The summed E-state index contributed by atoms with van der Waals surface area (Å²) in [4.78, 5) is 0. The van der Waals surface area contributed by atoms with Gasteiger partial charge >= 0.3 is 0 Å². The van der Waals surface area contributed by atoms with Crippen LogP contribution < -0.4 is 5.19 Å². The molecule has 0 aromatic heterocycles. The van der Waals surface area contributed by atoms with Crippen molar-refractivity contribution in [3.63, 3.8) is 0 Å².